The SMILES string of the molecule is CCC(Br)C(=O)N1CCOCC1CC. The molecule has 1 fully saturated rings. The van der Waals surface area contributed by atoms with Crippen LogP contribution in [0, 0.1) is 0 Å². The van der Waals surface area contributed by atoms with Gasteiger partial charge in [-0.2, -0.15) is 0 Å². The van der Waals surface area contributed by atoms with Crippen molar-refractivity contribution in [2.75, 3.05) is 19.8 Å². The van der Waals surface area contributed by atoms with E-state index in [2.05, 4.69) is 22.9 Å². The average molecular weight is 264 g/mol. The Hall–Kier alpha value is -0.0900. The van der Waals surface area contributed by atoms with Crippen molar-refractivity contribution in [3.63, 3.8) is 0 Å². The molecule has 3 nitrogen and oxygen atoms in total. The largest absolute Gasteiger partial charge is 0.377 e. The highest BCUT2D eigenvalue weighted by atomic mass is 79.9. The van der Waals surface area contributed by atoms with Gasteiger partial charge in [0.25, 0.3) is 0 Å². The number of ether oxygens (including phenoxy) is 1. The molecular formula is C10H18BrNO2. The lowest BCUT2D eigenvalue weighted by molar-refractivity contribution is -0.139. The summed E-state index contributed by atoms with van der Waals surface area (Å²) in [4.78, 5) is 13.8. The highest BCUT2D eigenvalue weighted by Crippen LogP contribution is 2.16. The van der Waals surface area contributed by atoms with Crippen molar-refractivity contribution >= 4 is 21.8 Å². The zero-order valence-corrected chi connectivity index (χ0v) is 10.4. The third-order valence-corrected chi connectivity index (χ3v) is 3.65. The first-order valence-electron chi connectivity index (χ1n) is 5.23. The van der Waals surface area contributed by atoms with E-state index in [1.54, 1.807) is 0 Å². The molecule has 2 unspecified atom stereocenters. The van der Waals surface area contributed by atoms with Crippen molar-refractivity contribution in [1.29, 1.82) is 0 Å². The minimum absolute atomic E-state index is 0.0327. The van der Waals surface area contributed by atoms with E-state index in [1.807, 2.05) is 11.8 Å². The maximum absolute atomic E-state index is 11.9. The molecule has 0 aliphatic carbocycles. The van der Waals surface area contributed by atoms with Crippen LogP contribution in [0.25, 0.3) is 0 Å². The Labute approximate surface area is 93.9 Å². The minimum atomic E-state index is -0.0327. The minimum Gasteiger partial charge on any atom is -0.377 e. The van der Waals surface area contributed by atoms with Crippen LogP contribution in [-0.2, 0) is 9.53 Å². The maximum atomic E-state index is 11.9. The molecule has 2 atom stereocenters. The van der Waals surface area contributed by atoms with E-state index in [4.69, 9.17) is 4.74 Å². The highest BCUT2D eigenvalue weighted by molar-refractivity contribution is 9.10. The molecule has 14 heavy (non-hydrogen) atoms. The first-order chi connectivity index (χ1) is 6.70. The molecule has 0 N–H and O–H groups in total. The summed E-state index contributed by atoms with van der Waals surface area (Å²) in [6.07, 6.45) is 1.81. The molecule has 0 bridgehead atoms. The molecule has 1 aliphatic rings. The monoisotopic (exact) mass is 263 g/mol. The first kappa shape index (κ1) is 12.0. The van der Waals surface area contributed by atoms with Gasteiger partial charge in [-0.1, -0.05) is 29.8 Å². The second-order valence-electron chi connectivity index (χ2n) is 3.54. The Morgan fingerprint density at radius 3 is 2.93 bits per heavy atom. The van der Waals surface area contributed by atoms with Crippen LogP contribution in [-0.4, -0.2) is 41.4 Å². The summed E-state index contributed by atoms with van der Waals surface area (Å²) in [5.41, 5.74) is 0. The van der Waals surface area contributed by atoms with Gasteiger partial charge in [0.15, 0.2) is 0 Å². The van der Waals surface area contributed by atoms with Crippen LogP contribution in [0.1, 0.15) is 26.7 Å². The van der Waals surface area contributed by atoms with Gasteiger partial charge in [-0.3, -0.25) is 4.79 Å². The van der Waals surface area contributed by atoms with E-state index in [0.29, 0.717) is 13.2 Å². The summed E-state index contributed by atoms with van der Waals surface area (Å²) in [6.45, 7) is 6.20. The van der Waals surface area contributed by atoms with E-state index in [9.17, 15) is 4.79 Å². The van der Waals surface area contributed by atoms with Crippen molar-refractivity contribution in [2.24, 2.45) is 0 Å². The van der Waals surface area contributed by atoms with Crippen molar-refractivity contribution in [1.82, 2.24) is 4.90 Å². The van der Waals surface area contributed by atoms with E-state index < -0.39 is 0 Å². The van der Waals surface area contributed by atoms with Gasteiger partial charge in [-0.05, 0) is 12.8 Å². The van der Waals surface area contributed by atoms with Crippen molar-refractivity contribution < 1.29 is 9.53 Å². The Morgan fingerprint density at radius 2 is 2.36 bits per heavy atom. The molecule has 1 rings (SSSR count). The maximum Gasteiger partial charge on any atom is 0.236 e. The number of morpholine rings is 1. The molecule has 0 spiro atoms. The summed E-state index contributed by atoms with van der Waals surface area (Å²) in [5, 5.41) is 0. The van der Waals surface area contributed by atoms with Gasteiger partial charge in [0.1, 0.15) is 0 Å². The van der Waals surface area contributed by atoms with Crippen LogP contribution >= 0.6 is 15.9 Å². The highest BCUT2D eigenvalue weighted by Gasteiger charge is 2.28. The Morgan fingerprint density at radius 1 is 1.64 bits per heavy atom. The van der Waals surface area contributed by atoms with Crippen LogP contribution in [0.3, 0.4) is 0 Å². The molecule has 0 aromatic carbocycles. The van der Waals surface area contributed by atoms with Gasteiger partial charge >= 0.3 is 0 Å². The number of halogens is 1. The van der Waals surface area contributed by atoms with E-state index in [0.717, 1.165) is 19.4 Å². The lowest BCUT2D eigenvalue weighted by Crippen LogP contribution is -2.50. The Kier molecular flexibility index (Phi) is 4.89. The molecule has 1 amide bonds. The van der Waals surface area contributed by atoms with Crippen molar-refractivity contribution in [2.45, 2.75) is 37.6 Å². The zero-order valence-electron chi connectivity index (χ0n) is 8.83. The van der Waals surface area contributed by atoms with Crippen molar-refractivity contribution in [3.8, 4) is 0 Å². The van der Waals surface area contributed by atoms with Gasteiger partial charge < -0.3 is 9.64 Å². The molecule has 0 aromatic heterocycles. The van der Waals surface area contributed by atoms with Gasteiger partial charge in [0.2, 0.25) is 5.91 Å². The van der Waals surface area contributed by atoms with Gasteiger partial charge in [-0.15, -0.1) is 0 Å². The Bertz CT molecular complexity index is 199. The average Bonchev–Trinajstić information content (AvgIpc) is 2.26. The fourth-order valence-electron chi connectivity index (χ4n) is 1.64. The summed E-state index contributed by atoms with van der Waals surface area (Å²) in [5.74, 6) is 0.211. The first-order valence-corrected chi connectivity index (χ1v) is 6.14. The predicted octanol–water partition coefficient (Wildman–Crippen LogP) is 1.80. The van der Waals surface area contributed by atoms with E-state index in [1.165, 1.54) is 0 Å². The summed E-state index contributed by atoms with van der Waals surface area (Å²) in [6, 6.07) is 0.267. The molecule has 0 radical (unpaired) electrons. The fraction of sp³-hybridized carbons (Fsp3) is 0.900. The number of amides is 1. The van der Waals surface area contributed by atoms with Crippen LogP contribution in [0.15, 0.2) is 0 Å². The number of alkyl halides is 1. The fourth-order valence-corrected chi connectivity index (χ4v) is 1.90. The quantitative estimate of drug-likeness (QED) is 0.727. The predicted molar refractivity (Wildman–Crippen MR) is 59.6 cm³/mol. The van der Waals surface area contributed by atoms with Crippen molar-refractivity contribution in [3.05, 3.63) is 0 Å². The van der Waals surface area contributed by atoms with E-state index in [-0.39, 0.29) is 16.8 Å². The number of rotatable bonds is 3. The lowest BCUT2D eigenvalue weighted by Gasteiger charge is -2.36. The van der Waals surface area contributed by atoms with Gasteiger partial charge in [0.05, 0.1) is 24.1 Å². The van der Waals surface area contributed by atoms with Gasteiger partial charge in [-0.25, -0.2) is 0 Å². The summed E-state index contributed by atoms with van der Waals surface area (Å²) in [7, 11) is 0. The lowest BCUT2D eigenvalue weighted by atomic mass is 10.1. The molecule has 1 heterocycles. The number of hydrogen-bond acceptors (Lipinski definition) is 2. The third kappa shape index (κ3) is 2.70. The topological polar surface area (TPSA) is 29.5 Å². The zero-order chi connectivity index (χ0) is 10.6. The van der Waals surface area contributed by atoms with Crippen LogP contribution in [0.2, 0.25) is 0 Å². The number of hydrogen-bond donors (Lipinski definition) is 0. The third-order valence-electron chi connectivity index (χ3n) is 2.61. The molecule has 82 valence electrons. The summed E-state index contributed by atoms with van der Waals surface area (Å²) >= 11 is 3.40. The van der Waals surface area contributed by atoms with Crippen LogP contribution in [0.4, 0.5) is 0 Å². The van der Waals surface area contributed by atoms with Crippen LogP contribution in [0.5, 0.6) is 0 Å². The Balaban J connectivity index is 2.58. The molecule has 1 aliphatic heterocycles. The molecule has 4 heteroatoms. The molecule has 0 aromatic rings. The molecular weight excluding hydrogens is 246 g/mol. The van der Waals surface area contributed by atoms with E-state index >= 15 is 0 Å². The molecule has 1 saturated heterocycles. The standard InChI is InChI=1S/C10H18BrNO2/c1-3-8-7-14-6-5-12(8)10(13)9(11)4-2/h8-9H,3-7H2,1-2H3. The normalized spacial score (nSPS) is 24.8. The smallest absolute Gasteiger partial charge is 0.236 e. The summed E-state index contributed by atoms with van der Waals surface area (Å²) < 4.78 is 5.36. The molecule has 0 saturated carbocycles. The number of nitrogens with zero attached hydrogens (tertiary/aromatic N) is 1. The number of carbonyl (C=O) groups excluding carboxylic acids is 1. The van der Waals surface area contributed by atoms with Gasteiger partial charge in [0, 0.05) is 6.54 Å². The number of carbonyl (C=O) groups is 1. The second kappa shape index (κ2) is 5.71. The van der Waals surface area contributed by atoms with Crippen LogP contribution < -0.4 is 0 Å². The second-order valence-corrected chi connectivity index (χ2v) is 4.65.